The van der Waals surface area contributed by atoms with E-state index in [9.17, 15) is 4.79 Å². The van der Waals surface area contributed by atoms with Crippen LogP contribution in [0.3, 0.4) is 0 Å². The second kappa shape index (κ2) is 3.76. The molecule has 0 atom stereocenters. The molecule has 0 saturated heterocycles. The van der Waals surface area contributed by atoms with Gasteiger partial charge in [0.25, 0.3) is 0 Å². The first-order valence-electron chi connectivity index (χ1n) is 5.53. The van der Waals surface area contributed by atoms with Crippen molar-refractivity contribution in [2.75, 3.05) is 7.11 Å². The van der Waals surface area contributed by atoms with E-state index in [-0.39, 0.29) is 5.97 Å². The molecule has 1 fully saturated rings. The van der Waals surface area contributed by atoms with Gasteiger partial charge in [0, 0.05) is 5.57 Å². The molecule has 0 aromatic carbocycles. The van der Waals surface area contributed by atoms with Crippen LogP contribution < -0.4 is 0 Å². The molecule has 1 spiro atoms. The van der Waals surface area contributed by atoms with Crippen LogP contribution in [-0.2, 0) is 9.53 Å². The molecule has 2 heteroatoms. The van der Waals surface area contributed by atoms with Crippen LogP contribution in [0.25, 0.3) is 0 Å². The van der Waals surface area contributed by atoms with E-state index in [1.54, 1.807) is 0 Å². The molecule has 0 aromatic rings. The first kappa shape index (κ1) is 9.75. The predicted molar refractivity (Wildman–Crippen MR) is 54.9 cm³/mol. The first-order valence-corrected chi connectivity index (χ1v) is 5.53. The summed E-state index contributed by atoms with van der Waals surface area (Å²) in [4.78, 5) is 11.4. The standard InChI is InChI=1S/C12H18O2/c1-14-11(13)10-5-4-8-12(9-10)6-2-3-7-12/h5H,2-4,6-9H2,1H3. The molecule has 0 aliphatic heterocycles. The average molecular weight is 194 g/mol. The summed E-state index contributed by atoms with van der Waals surface area (Å²) in [6.45, 7) is 0. The summed E-state index contributed by atoms with van der Waals surface area (Å²) in [5.41, 5.74) is 1.37. The van der Waals surface area contributed by atoms with Crippen molar-refractivity contribution in [3.63, 3.8) is 0 Å². The van der Waals surface area contributed by atoms with E-state index in [1.807, 2.05) is 0 Å². The van der Waals surface area contributed by atoms with Crippen molar-refractivity contribution < 1.29 is 9.53 Å². The van der Waals surface area contributed by atoms with Crippen LogP contribution in [0.15, 0.2) is 11.6 Å². The number of allylic oxidation sites excluding steroid dienone is 1. The summed E-state index contributed by atoms with van der Waals surface area (Å²) >= 11 is 0. The Kier molecular flexibility index (Phi) is 2.62. The quantitative estimate of drug-likeness (QED) is 0.600. The molecule has 2 aliphatic rings. The zero-order valence-electron chi connectivity index (χ0n) is 8.84. The van der Waals surface area contributed by atoms with Crippen molar-refractivity contribution in [3.05, 3.63) is 11.6 Å². The van der Waals surface area contributed by atoms with Gasteiger partial charge in [0.05, 0.1) is 7.11 Å². The Bertz CT molecular complexity index is 259. The van der Waals surface area contributed by atoms with Crippen LogP contribution in [0, 0.1) is 5.41 Å². The Balaban J connectivity index is 2.08. The van der Waals surface area contributed by atoms with Gasteiger partial charge in [0.2, 0.25) is 0 Å². The maximum Gasteiger partial charge on any atom is 0.333 e. The molecule has 0 aromatic heterocycles. The monoisotopic (exact) mass is 194 g/mol. The maximum atomic E-state index is 11.4. The molecule has 0 heterocycles. The highest BCUT2D eigenvalue weighted by Gasteiger charge is 2.37. The topological polar surface area (TPSA) is 26.3 Å². The van der Waals surface area contributed by atoms with Gasteiger partial charge < -0.3 is 4.74 Å². The van der Waals surface area contributed by atoms with Gasteiger partial charge in [-0.1, -0.05) is 18.9 Å². The fourth-order valence-corrected chi connectivity index (χ4v) is 2.96. The van der Waals surface area contributed by atoms with Gasteiger partial charge in [0.15, 0.2) is 0 Å². The molecular weight excluding hydrogens is 176 g/mol. The lowest BCUT2D eigenvalue weighted by molar-refractivity contribution is -0.136. The molecule has 1 saturated carbocycles. The molecule has 78 valence electrons. The lowest BCUT2D eigenvalue weighted by Gasteiger charge is -2.32. The van der Waals surface area contributed by atoms with E-state index in [4.69, 9.17) is 4.74 Å². The minimum absolute atomic E-state index is 0.115. The normalized spacial score (nSPS) is 24.8. The Hall–Kier alpha value is -0.790. The molecule has 0 N–H and O–H groups in total. The SMILES string of the molecule is COC(=O)C1=CCCC2(CCCC2)C1. The van der Waals surface area contributed by atoms with Crippen molar-refractivity contribution in [3.8, 4) is 0 Å². The van der Waals surface area contributed by atoms with Gasteiger partial charge >= 0.3 is 5.97 Å². The second-order valence-electron chi connectivity index (χ2n) is 4.64. The number of methoxy groups -OCH3 is 1. The average Bonchev–Trinajstić information content (AvgIpc) is 2.65. The van der Waals surface area contributed by atoms with E-state index in [0.717, 1.165) is 18.4 Å². The highest BCUT2D eigenvalue weighted by molar-refractivity contribution is 5.88. The lowest BCUT2D eigenvalue weighted by Crippen LogP contribution is -2.23. The minimum atomic E-state index is -0.115. The summed E-state index contributed by atoms with van der Waals surface area (Å²) in [5, 5.41) is 0. The third kappa shape index (κ3) is 1.70. The molecule has 0 radical (unpaired) electrons. The Labute approximate surface area is 85.3 Å². The third-order valence-electron chi connectivity index (χ3n) is 3.74. The molecule has 2 aliphatic carbocycles. The van der Waals surface area contributed by atoms with Crippen molar-refractivity contribution in [1.29, 1.82) is 0 Å². The van der Waals surface area contributed by atoms with Crippen molar-refractivity contribution >= 4 is 5.97 Å². The first-order chi connectivity index (χ1) is 6.76. The number of ether oxygens (including phenoxy) is 1. The fraction of sp³-hybridized carbons (Fsp3) is 0.750. The van der Waals surface area contributed by atoms with E-state index in [2.05, 4.69) is 6.08 Å². The number of rotatable bonds is 1. The number of hydrogen-bond donors (Lipinski definition) is 0. The number of esters is 1. The zero-order valence-corrected chi connectivity index (χ0v) is 8.84. The van der Waals surface area contributed by atoms with Crippen LogP contribution >= 0.6 is 0 Å². The van der Waals surface area contributed by atoms with Crippen LogP contribution in [0.4, 0.5) is 0 Å². The van der Waals surface area contributed by atoms with Crippen LogP contribution in [0.1, 0.15) is 44.9 Å². The summed E-state index contributed by atoms with van der Waals surface area (Å²) in [6, 6.07) is 0. The Morgan fingerprint density at radius 3 is 2.71 bits per heavy atom. The van der Waals surface area contributed by atoms with Gasteiger partial charge in [-0.05, 0) is 37.5 Å². The van der Waals surface area contributed by atoms with Crippen LogP contribution in [0.5, 0.6) is 0 Å². The highest BCUT2D eigenvalue weighted by atomic mass is 16.5. The molecule has 14 heavy (non-hydrogen) atoms. The van der Waals surface area contributed by atoms with Crippen LogP contribution in [0.2, 0.25) is 0 Å². The highest BCUT2D eigenvalue weighted by Crippen LogP contribution is 2.48. The fourth-order valence-electron chi connectivity index (χ4n) is 2.96. The zero-order chi connectivity index (χ0) is 10.0. The molecule has 0 amide bonds. The smallest absolute Gasteiger partial charge is 0.333 e. The van der Waals surface area contributed by atoms with Gasteiger partial charge in [-0.2, -0.15) is 0 Å². The van der Waals surface area contributed by atoms with Crippen LogP contribution in [-0.4, -0.2) is 13.1 Å². The summed E-state index contributed by atoms with van der Waals surface area (Å²) in [7, 11) is 1.47. The molecule has 2 nitrogen and oxygen atoms in total. The molecular formula is C12H18O2. The van der Waals surface area contributed by atoms with Crippen molar-refractivity contribution in [2.45, 2.75) is 44.9 Å². The van der Waals surface area contributed by atoms with E-state index >= 15 is 0 Å². The van der Waals surface area contributed by atoms with E-state index in [1.165, 1.54) is 39.2 Å². The minimum Gasteiger partial charge on any atom is -0.466 e. The number of hydrogen-bond acceptors (Lipinski definition) is 2. The lowest BCUT2D eigenvalue weighted by atomic mass is 9.73. The van der Waals surface area contributed by atoms with Gasteiger partial charge in [-0.3, -0.25) is 0 Å². The predicted octanol–water partition coefficient (Wildman–Crippen LogP) is 2.83. The second-order valence-corrected chi connectivity index (χ2v) is 4.64. The maximum absolute atomic E-state index is 11.4. The van der Waals surface area contributed by atoms with E-state index < -0.39 is 0 Å². The Morgan fingerprint density at radius 1 is 1.36 bits per heavy atom. The number of carbonyl (C=O) groups is 1. The van der Waals surface area contributed by atoms with Gasteiger partial charge in [-0.15, -0.1) is 0 Å². The van der Waals surface area contributed by atoms with Crippen molar-refractivity contribution in [2.24, 2.45) is 5.41 Å². The van der Waals surface area contributed by atoms with Gasteiger partial charge in [-0.25, -0.2) is 4.79 Å². The summed E-state index contributed by atoms with van der Waals surface area (Å²) in [5.74, 6) is -0.115. The summed E-state index contributed by atoms with van der Waals surface area (Å²) in [6.07, 6.45) is 10.7. The molecule has 2 rings (SSSR count). The number of carbonyl (C=O) groups excluding carboxylic acids is 1. The summed E-state index contributed by atoms with van der Waals surface area (Å²) < 4.78 is 4.79. The van der Waals surface area contributed by atoms with Crippen molar-refractivity contribution in [1.82, 2.24) is 0 Å². The Morgan fingerprint density at radius 2 is 2.07 bits per heavy atom. The molecule has 0 unspecified atom stereocenters. The van der Waals surface area contributed by atoms with Gasteiger partial charge in [0.1, 0.15) is 0 Å². The largest absolute Gasteiger partial charge is 0.466 e. The van der Waals surface area contributed by atoms with E-state index in [0.29, 0.717) is 5.41 Å². The third-order valence-corrected chi connectivity index (χ3v) is 3.74. The molecule has 0 bridgehead atoms.